The third-order valence-corrected chi connectivity index (χ3v) is 6.73. The van der Waals surface area contributed by atoms with Crippen molar-refractivity contribution in [3.8, 4) is 11.1 Å². The van der Waals surface area contributed by atoms with Crippen LogP contribution in [-0.2, 0) is 14.3 Å². The number of carbonyl (C=O) groups excluding carboxylic acids is 2. The number of amides is 2. The van der Waals surface area contributed by atoms with Crippen molar-refractivity contribution in [2.45, 2.75) is 57.0 Å². The van der Waals surface area contributed by atoms with E-state index in [1.165, 1.54) is 6.92 Å². The number of aliphatic carboxylic acids is 1. The molecule has 3 N–H and O–H groups in total. The van der Waals surface area contributed by atoms with E-state index in [2.05, 4.69) is 34.9 Å². The van der Waals surface area contributed by atoms with Gasteiger partial charge in [0.15, 0.2) is 0 Å². The van der Waals surface area contributed by atoms with Crippen molar-refractivity contribution in [2.24, 2.45) is 5.92 Å². The van der Waals surface area contributed by atoms with Crippen LogP contribution in [0.4, 0.5) is 4.79 Å². The zero-order chi connectivity index (χ0) is 23.4. The number of rotatable bonds is 6. The maximum absolute atomic E-state index is 12.7. The highest BCUT2D eigenvalue weighted by atomic mass is 16.5. The standard InChI is InChI=1S/C26H30N2O5/c1-16(25(30)31)27-24(29)21-13-3-2-4-14-23(21)28-26(32)33-15-22-19-11-7-5-9-17(19)18-10-6-8-12-20(18)22/h5-12,16,21-23H,2-4,13-15H2,1H3,(H,27,29)(H,28,32)(H,30,31)/t16-,21?,23?/m1/s1. The molecule has 0 heterocycles. The molecule has 0 bridgehead atoms. The number of carboxylic acid groups (broad SMARTS) is 1. The number of benzene rings is 2. The molecule has 2 aliphatic rings. The van der Waals surface area contributed by atoms with Crippen LogP contribution in [0.3, 0.4) is 0 Å². The molecule has 0 radical (unpaired) electrons. The molecule has 1 saturated carbocycles. The summed E-state index contributed by atoms with van der Waals surface area (Å²) in [5.74, 6) is -1.93. The van der Waals surface area contributed by atoms with Crippen molar-refractivity contribution < 1.29 is 24.2 Å². The second-order valence-electron chi connectivity index (χ2n) is 8.89. The Morgan fingerprint density at radius 2 is 1.58 bits per heavy atom. The highest BCUT2D eigenvalue weighted by molar-refractivity contribution is 5.85. The quantitative estimate of drug-likeness (QED) is 0.576. The first kappa shape index (κ1) is 22.8. The minimum absolute atomic E-state index is 0.0344. The molecule has 1 fully saturated rings. The molecule has 2 aromatic carbocycles. The van der Waals surface area contributed by atoms with Crippen LogP contribution < -0.4 is 10.6 Å². The van der Waals surface area contributed by atoms with Crippen molar-refractivity contribution in [2.75, 3.05) is 6.61 Å². The highest BCUT2D eigenvalue weighted by Gasteiger charge is 2.33. The van der Waals surface area contributed by atoms with Gasteiger partial charge in [-0.1, -0.05) is 67.8 Å². The third kappa shape index (κ3) is 5.02. The highest BCUT2D eigenvalue weighted by Crippen LogP contribution is 2.44. The van der Waals surface area contributed by atoms with Gasteiger partial charge in [-0.15, -0.1) is 0 Å². The number of hydrogen-bond donors (Lipinski definition) is 3. The molecule has 2 aliphatic carbocycles. The van der Waals surface area contributed by atoms with Gasteiger partial charge in [0.05, 0.1) is 5.92 Å². The Morgan fingerprint density at radius 1 is 0.970 bits per heavy atom. The lowest BCUT2D eigenvalue weighted by Crippen LogP contribution is -2.49. The summed E-state index contributed by atoms with van der Waals surface area (Å²) in [5, 5.41) is 14.5. The largest absolute Gasteiger partial charge is 0.480 e. The summed E-state index contributed by atoms with van der Waals surface area (Å²) in [5.41, 5.74) is 4.60. The van der Waals surface area contributed by atoms with E-state index in [0.717, 1.165) is 41.5 Å². The molecule has 3 atom stereocenters. The average molecular weight is 451 g/mol. The van der Waals surface area contributed by atoms with E-state index in [4.69, 9.17) is 9.84 Å². The fourth-order valence-electron chi connectivity index (χ4n) is 4.97. The molecule has 7 heteroatoms. The first-order chi connectivity index (χ1) is 16.0. The van der Waals surface area contributed by atoms with Gasteiger partial charge in [0.2, 0.25) is 5.91 Å². The summed E-state index contributed by atoms with van der Waals surface area (Å²) in [6.07, 6.45) is 3.44. The van der Waals surface area contributed by atoms with Crippen molar-refractivity contribution in [1.29, 1.82) is 0 Å². The number of nitrogens with one attached hydrogen (secondary N) is 2. The normalized spacial score (nSPS) is 20.6. The van der Waals surface area contributed by atoms with Crippen LogP contribution in [0, 0.1) is 5.92 Å². The van der Waals surface area contributed by atoms with Crippen molar-refractivity contribution in [3.63, 3.8) is 0 Å². The molecule has 0 aromatic heterocycles. The number of ether oxygens (including phenoxy) is 1. The van der Waals surface area contributed by atoms with E-state index in [9.17, 15) is 14.4 Å². The second kappa shape index (κ2) is 10.1. The van der Waals surface area contributed by atoms with E-state index in [0.29, 0.717) is 12.8 Å². The van der Waals surface area contributed by atoms with Gasteiger partial charge in [-0.25, -0.2) is 4.79 Å². The molecule has 2 aromatic rings. The van der Waals surface area contributed by atoms with E-state index >= 15 is 0 Å². The van der Waals surface area contributed by atoms with E-state index < -0.39 is 24.0 Å². The van der Waals surface area contributed by atoms with E-state index in [1.807, 2.05) is 24.3 Å². The van der Waals surface area contributed by atoms with Crippen LogP contribution in [-0.4, -0.2) is 41.8 Å². The SMILES string of the molecule is C[C@@H](NC(=O)C1CCCCCC1NC(=O)OCC1c2ccccc2-c2ccccc21)C(=O)O. The Bertz CT molecular complexity index is 991. The summed E-state index contributed by atoms with van der Waals surface area (Å²) in [6, 6.07) is 14.9. The summed E-state index contributed by atoms with van der Waals surface area (Å²) in [7, 11) is 0. The molecule has 4 rings (SSSR count). The zero-order valence-corrected chi connectivity index (χ0v) is 18.8. The van der Waals surface area contributed by atoms with Crippen LogP contribution in [0.1, 0.15) is 56.1 Å². The zero-order valence-electron chi connectivity index (χ0n) is 18.8. The summed E-state index contributed by atoms with van der Waals surface area (Å²) < 4.78 is 5.65. The smallest absolute Gasteiger partial charge is 0.407 e. The molecular weight excluding hydrogens is 420 g/mol. The maximum Gasteiger partial charge on any atom is 0.407 e. The predicted octanol–water partition coefficient (Wildman–Crippen LogP) is 4.06. The summed E-state index contributed by atoms with van der Waals surface area (Å²) in [6.45, 7) is 1.64. The van der Waals surface area contributed by atoms with Gasteiger partial charge in [0.1, 0.15) is 12.6 Å². The molecule has 2 unspecified atom stereocenters. The van der Waals surface area contributed by atoms with Gasteiger partial charge < -0.3 is 20.5 Å². The fraction of sp³-hybridized carbons (Fsp3) is 0.423. The Kier molecular flexibility index (Phi) is 6.96. The molecule has 0 saturated heterocycles. The number of hydrogen-bond acceptors (Lipinski definition) is 4. The molecule has 0 spiro atoms. The summed E-state index contributed by atoms with van der Waals surface area (Å²) in [4.78, 5) is 36.6. The molecule has 33 heavy (non-hydrogen) atoms. The van der Waals surface area contributed by atoms with E-state index in [-0.39, 0.29) is 24.5 Å². The van der Waals surface area contributed by atoms with Gasteiger partial charge in [0.25, 0.3) is 0 Å². The van der Waals surface area contributed by atoms with Crippen LogP contribution >= 0.6 is 0 Å². The molecule has 2 amide bonds. The van der Waals surface area contributed by atoms with Gasteiger partial charge >= 0.3 is 12.1 Å². The Hall–Kier alpha value is -3.35. The van der Waals surface area contributed by atoms with Gasteiger partial charge in [-0.2, -0.15) is 0 Å². The molecule has 174 valence electrons. The van der Waals surface area contributed by atoms with Crippen LogP contribution in [0.5, 0.6) is 0 Å². The first-order valence-corrected chi connectivity index (χ1v) is 11.6. The van der Waals surface area contributed by atoms with Crippen molar-refractivity contribution in [1.82, 2.24) is 10.6 Å². The van der Waals surface area contributed by atoms with Gasteiger partial charge in [-0.05, 0) is 42.0 Å². The fourth-order valence-corrected chi connectivity index (χ4v) is 4.97. The van der Waals surface area contributed by atoms with Gasteiger partial charge in [0, 0.05) is 12.0 Å². The molecular formula is C26H30N2O5. The second-order valence-corrected chi connectivity index (χ2v) is 8.89. The topological polar surface area (TPSA) is 105 Å². The number of carboxylic acids is 1. The van der Waals surface area contributed by atoms with Gasteiger partial charge in [-0.3, -0.25) is 9.59 Å². The predicted molar refractivity (Wildman–Crippen MR) is 124 cm³/mol. The minimum Gasteiger partial charge on any atom is -0.480 e. The van der Waals surface area contributed by atoms with Crippen LogP contribution in [0.25, 0.3) is 11.1 Å². The lowest BCUT2D eigenvalue weighted by atomic mass is 9.93. The summed E-state index contributed by atoms with van der Waals surface area (Å²) >= 11 is 0. The van der Waals surface area contributed by atoms with Crippen LogP contribution in [0.2, 0.25) is 0 Å². The lowest BCUT2D eigenvalue weighted by molar-refractivity contribution is -0.142. The first-order valence-electron chi connectivity index (χ1n) is 11.6. The maximum atomic E-state index is 12.7. The average Bonchev–Trinajstić information content (AvgIpc) is 2.94. The Morgan fingerprint density at radius 3 is 2.21 bits per heavy atom. The number of fused-ring (bicyclic) bond motifs is 3. The Balaban J connectivity index is 1.41. The Labute approximate surface area is 193 Å². The third-order valence-electron chi connectivity index (χ3n) is 6.73. The van der Waals surface area contributed by atoms with Crippen molar-refractivity contribution >= 4 is 18.0 Å². The van der Waals surface area contributed by atoms with E-state index in [1.54, 1.807) is 0 Å². The monoisotopic (exact) mass is 450 g/mol. The minimum atomic E-state index is -1.09. The molecule has 7 nitrogen and oxygen atoms in total. The van der Waals surface area contributed by atoms with Crippen LogP contribution in [0.15, 0.2) is 48.5 Å². The lowest BCUT2D eigenvalue weighted by Gasteiger charge is -2.26. The van der Waals surface area contributed by atoms with Crippen molar-refractivity contribution in [3.05, 3.63) is 59.7 Å². The number of alkyl carbamates (subject to hydrolysis) is 1. The molecule has 0 aliphatic heterocycles. The number of carbonyl (C=O) groups is 3.